The zero-order chi connectivity index (χ0) is 18.1. The van der Waals surface area contributed by atoms with Crippen molar-refractivity contribution in [1.29, 1.82) is 0 Å². The molecule has 0 unspecified atom stereocenters. The monoisotopic (exact) mass is 358 g/mol. The number of rotatable bonds is 9. The third kappa shape index (κ3) is 4.40. The second-order valence-corrected chi connectivity index (χ2v) is 10.00. The van der Waals surface area contributed by atoms with E-state index in [0.29, 0.717) is 0 Å². The molecule has 0 aliphatic carbocycles. The van der Waals surface area contributed by atoms with Gasteiger partial charge >= 0.3 is 0 Å². The predicted octanol–water partition coefficient (Wildman–Crippen LogP) is 4.58. The fourth-order valence-corrected chi connectivity index (χ4v) is 7.03. The molecule has 0 N–H and O–H groups in total. The Labute approximate surface area is 158 Å². The van der Waals surface area contributed by atoms with E-state index < -0.39 is 8.32 Å². The van der Waals surface area contributed by atoms with Gasteiger partial charge in [0, 0.05) is 6.61 Å². The van der Waals surface area contributed by atoms with Gasteiger partial charge in [0.05, 0.1) is 0 Å². The number of benzene rings is 3. The van der Waals surface area contributed by atoms with Gasteiger partial charge in [0.1, 0.15) is 0 Å². The molecule has 0 heterocycles. The van der Waals surface area contributed by atoms with E-state index in [1.165, 1.54) is 15.9 Å². The summed E-state index contributed by atoms with van der Waals surface area (Å²) in [4.78, 5) is 0. The minimum absolute atomic E-state index is 0.763. The summed E-state index contributed by atoms with van der Waals surface area (Å²) in [5.41, 5.74) is 1.37. The summed E-state index contributed by atoms with van der Waals surface area (Å²) < 4.78 is 6.73. The van der Waals surface area contributed by atoms with Gasteiger partial charge < -0.3 is 4.43 Å². The highest BCUT2D eigenvalue weighted by Gasteiger charge is 2.38. The maximum absolute atomic E-state index is 6.73. The molecule has 26 heavy (non-hydrogen) atoms. The van der Waals surface area contributed by atoms with E-state index >= 15 is 0 Å². The Bertz CT molecular complexity index is 745. The Hall–Kier alpha value is -2.42. The molecule has 1 nitrogen and oxygen atoms in total. The lowest BCUT2D eigenvalue weighted by Crippen LogP contribution is -2.60. The average molecular weight is 359 g/mol. The maximum Gasteiger partial charge on any atom is 0.259 e. The molecule has 0 atom stereocenters. The SMILES string of the molecule is C=CC[Si](OCCCc1ccccc1)(c1ccccc1)c1ccccc1. The molecule has 132 valence electrons. The van der Waals surface area contributed by atoms with E-state index in [-0.39, 0.29) is 0 Å². The van der Waals surface area contributed by atoms with Crippen LogP contribution in [0.5, 0.6) is 0 Å². The summed E-state index contributed by atoms with van der Waals surface area (Å²) in [5.74, 6) is 0. The molecule has 0 aromatic heterocycles. The zero-order valence-electron chi connectivity index (χ0n) is 15.2. The van der Waals surface area contributed by atoms with E-state index in [1.54, 1.807) is 0 Å². The highest BCUT2D eigenvalue weighted by molar-refractivity contribution is 6.97. The summed E-state index contributed by atoms with van der Waals surface area (Å²) in [6.45, 7) is 4.79. The van der Waals surface area contributed by atoms with Crippen LogP contribution in [0, 0.1) is 0 Å². The standard InChI is InChI=1S/C24H26OSi/c1-2-21-26(23-16-8-4-9-17-23,24-18-10-5-11-19-24)25-20-12-15-22-13-6-3-7-14-22/h2-11,13-14,16-19H,1,12,15,20-21H2. The third-order valence-corrected chi connectivity index (χ3v) is 8.81. The Kier molecular flexibility index (Phi) is 6.59. The summed E-state index contributed by atoms with van der Waals surface area (Å²) in [6, 6.07) is 32.9. The van der Waals surface area contributed by atoms with Crippen molar-refractivity contribution in [2.24, 2.45) is 0 Å². The summed E-state index contributed by atoms with van der Waals surface area (Å²) in [7, 11) is -2.30. The molecular formula is C24H26OSi. The fraction of sp³-hybridized carbons (Fsp3) is 0.167. The lowest BCUT2D eigenvalue weighted by molar-refractivity contribution is 0.310. The van der Waals surface area contributed by atoms with E-state index in [0.717, 1.165) is 25.5 Å². The first-order valence-corrected chi connectivity index (χ1v) is 11.4. The van der Waals surface area contributed by atoms with Crippen molar-refractivity contribution in [2.45, 2.75) is 18.9 Å². The van der Waals surface area contributed by atoms with Crippen LogP contribution >= 0.6 is 0 Å². The summed E-state index contributed by atoms with van der Waals surface area (Å²) in [6.07, 6.45) is 4.09. The fourth-order valence-electron chi connectivity index (χ4n) is 3.41. The van der Waals surface area contributed by atoms with Crippen LogP contribution in [-0.4, -0.2) is 14.9 Å². The van der Waals surface area contributed by atoms with Gasteiger partial charge in [-0.25, -0.2) is 0 Å². The quantitative estimate of drug-likeness (QED) is 0.309. The largest absolute Gasteiger partial charge is 0.408 e. The van der Waals surface area contributed by atoms with Crippen molar-refractivity contribution in [3.63, 3.8) is 0 Å². The van der Waals surface area contributed by atoms with Gasteiger partial charge in [0.25, 0.3) is 8.32 Å². The minimum atomic E-state index is -2.30. The topological polar surface area (TPSA) is 9.23 Å². The van der Waals surface area contributed by atoms with Gasteiger partial charge in [-0.3, -0.25) is 0 Å². The first-order valence-electron chi connectivity index (χ1n) is 9.25. The van der Waals surface area contributed by atoms with Crippen LogP contribution in [0.15, 0.2) is 104 Å². The molecule has 0 radical (unpaired) electrons. The second-order valence-electron chi connectivity index (χ2n) is 6.49. The van der Waals surface area contributed by atoms with Crippen molar-refractivity contribution in [3.05, 3.63) is 109 Å². The molecule has 0 amide bonds. The summed E-state index contributed by atoms with van der Waals surface area (Å²) >= 11 is 0. The molecule has 3 aromatic carbocycles. The molecule has 2 heteroatoms. The van der Waals surface area contributed by atoms with Crippen molar-refractivity contribution >= 4 is 18.7 Å². The van der Waals surface area contributed by atoms with E-state index in [1.807, 2.05) is 6.08 Å². The highest BCUT2D eigenvalue weighted by Crippen LogP contribution is 2.15. The van der Waals surface area contributed by atoms with Gasteiger partial charge in [-0.1, -0.05) is 97.1 Å². The van der Waals surface area contributed by atoms with Gasteiger partial charge in [-0.2, -0.15) is 0 Å². The predicted molar refractivity (Wildman–Crippen MR) is 114 cm³/mol. The maximum atomic E-state index is 6.73. The molecule has 0 aliphatic rings. The average Bonchev–Trinajstić information content (AvgIpc) is 2.72. The van der Waals surface area contributed by atoms with Crippen LogP contribution in [0.3, 0.4) is 0 Å². The van der Waals surface area contributed by atoms with Gasteiger partial charge in [0.15, 0.2) is 0 Å². The molecule has 3 rings (SSSR count). The van der Waals surface area contributed by atoms with Gasteiger partial charge in [-0.05, 0) is 34.8 Å². The van der Waals surface area contributed by atoms with Crippen LogP contribution in [0.2, 0.25) is 6.04 Å². The normalized spacial score (nSPS) is 11.2. The lowest BCUT2D eigenvalue weighted by Gasteiger charge is -2.31. The molecule has 0 aliphatic heterocycles. The molecule has 0 saturated heterocycles. The highest BCUT2D eigenvalue weighted by atomic mass is 28.4. The van der Waals surface area contributed by atoms with Gasteiger partial charge in [0.2, 0.25) is 0 Å². The Morgan fingerprint density at radius 1 is 0.731 bits per heavy atom. The zero-order valence-corrected chi connectivity index (χ0v) is 16.2. The van der Waals surface area contributed by atoms with Crippen molar-refractivity contribution in [3.8, 4) is 0 Å². The molecule has 0 saturated carbocycles. The summed E-state index contributed by atoms with van der Waals surface area (Å²) in [5, 5.41) is 2.62. The third-order valence-electron chi connectivity index (χ3n) is 4.71. The van der Waals surface area contributed by atoms with E-state index in [4.69, 9.17) is 4.43 Å². The minimum Gasteiger partial charge on any atom is -0.408 e. The number of hydrogen-bond acceptors (Lipinski definition) is 1. The molecule has 0 bridgehead atoms. The van der Waals surface area contributed by atoms with Crippen LogP contribution < -0.4 is 10.4 Å². The van der Waals surface area contributed by atoms with Crippen molar-refractivity contribution in [2.75, 3.05) is 6.61 Å². The lowest BCUT2D eigenvalue weighted by atomic mass is 10.1. The number of hydrogen-bond donors (Lipinski definition) is 0. The first-order chi connectivity index (χ1) is 12.8. The van der Waals surface area contributed by atoms with Crippen LogP contribution in [-0.2, 0) is 10.8 Å². The molecule has 3 aromatic rings. The number of allylic oxidation sites excluding steroid dienone is 1. The number of aryl methyl sites for hydroxylation is 1. The van der Waals surface area contributed by atoms with E-state index in [9.17, 15) is 0 Å². The Balaban J connectivity index is 1.81. The molecule has 0 fully saturated rings. The van der Waals surface area contributed by atoms with Crippen molar-refractivity contribution < 1.29 is 4.43 Å². The van der Waals surface area contributed by atoms with Crippen LogP contribution in [0.4, 0.5) is 0 Å². The Morgan fingerprint density at radius 2 is 1.23 bits per heavy atom. The second kappa shape index (κ2) is 9.32. The van der Waals surface area contributed by atoms with Gasteiger partial charge in [-0.15, -0.1) is 6.58 Å². The smallest absolute Gasteiger partial charge is 0.259 e. The molecular weight excluding hydrogens is 332 g/mol. The Morgan fingerprint density at radius 3 is 1.73 bits per heavy atom. The molecule has 0 spiro atoms. The van der Waals surface area contributed by atoms with Crippen LogP contribution in [0.1, 0.15) is 12.0 Å². The first kappa shape index (κ1) is 18.4. The van der Waals surface area contributed by atoms with Crippen LogP contribution in [0.25, 0.3) is 0 Å². The van der Waals surface area contributed by atoms with Crippen molar-refractivity contribution in [1.82, 2.24) is 0 Å². The van der Waals surface area contributed by atoms with E-state index in [2.05, 4.69) is 97.6 Å².